The molecule has 0 aromatic heterocycles. The minimum Gasteiger partial charge on any atom is -0.321 e. The summed E-state index contributed by atoms with van der Waals surface area (Å²) in [6, 6.07) is 7.57. The number of benzene rings is 1. The molecule has 2 nitrogen and oxygen atoms in total. The lowest BCUT2D eigenvalue weighted by molar-refractivity contribution is 0.0977. The fourth-order valence-corrected chi connectivity index (χ4v) is 1.75. The van der Waals surface area contributed by atoms with Gasteiger partial charge in [-0.05, 0) is 12.5 Å². The molecule has 0 fully saturated rings. The average molecular weight is 161 g/mol. The Morgan fingerprint density at radius 2 is 2.08 bits per heavy atom. The molecule has 2 N–H and O–H groups in total. The molecule has 0 bridgehead atoms. The lowest BCUT2D eigenvalue weighted by atomic mass is 9.96. The summed E-state index contributed by atoms with van der Waals surface area (Å²) < 4.78 is 0. The maximum Gasteiger partial charge on any atom is 0.165 e. The lowest BCUT2D eigenvalue weighted by Gasteiger charge is -2.17. The molecule has 1 aromatic carbocycles. The zero-order valence-corrected chi connectivity index (χ0v) is 7.00. The third-order valence-electron chi connectivity index (χ3n) is 2.37. The predicted octanol–water partition coefficient (Wildman–Crippen LogP) is 1.45. The number of rotatable bonds is 0. The molecule has 0 radical (unpaired) electrons. The number of ketones is 1. The highest BCUT2D eigenvalue weighted by molar-refractivity contribution is 6.01. The summed E-state index contributed by atoms with van der Waals surface area (Å²) >= 11 is 0. The van der Waals surface area contributed by atoms with Gasteiger partial charge in [0.2, 0.25) is 0 Å². The van der Waals surface area contributed by atoms with Crippen molar-refractivity contribution < 1.29 is 4.79 Å². The first kappa shape index (κ1) is 7.50. The van der Waals surface area contributed by atoms with Crippen molar-refractivity contribution in [3.63, 3.8) is 0 Å². The maximum absolute atomic E-state index is 11.4. The van der Waals surface area contributed by atoms with Gasteiger partial charge in [-0.25, -0.2) is 0 Å². The summed E-state index contributed by atoms with van der Waals surface area (Å²) in [6.07, 6.45) is 0.437. The van der Waals surface area contributed by atoms with Crippen molar-refractivity contribution >= 4 is 5.78 Å². The summed E-state index contributed by atoms with van der Waals surface area (Å²) in [5.41, 5.74) is 7.28. The van der Waals surface area contributed by atoms with Crippen molar-refractivity contribution in [3.8, 4) is 0 Å². The summed E-state index contributed by atoms with van der Waals surface area (Å²) in [4.78, 5) is 11.4. The average Bonchev–Trinajstić information content (AvgIpc) is 2.25. The van der Waals surface area contributed by atoms with Crippen molar-refractivity contribution in [2.75, 3.05) is 0 Å². The Bertz CT molecular complexity index is 341. The van der Waals surface area contributed by atoms with Gasteiger partial charge >= 0.3 is 0 Å². The molecule has 2 heteroatoms. The summed E-state index contributed by atoms with van der Waals surface area (Å²) in [5.74, 6) is 0.163. The van der Waals surface area contributed by atoms with Gasteiger partial charge in [0.15, 0.2) is 5.78 Å². The van der Waals surface area contributed by atoms with Gasteiger partial charge in [0.05, 0.1) is 0 Å². The van der Waals surface area contributed by atoms with Crippen LogP contribution >= 0.6 is 0 Å². The first-order valence-electron chi connectivity index (χ1n) is 4.03. The Balaban J connectivity index is 2.66. The fraction of sp³-hybridized carbons (Fsp3) is 0.300. The number of Topliss-reactive ketones (excluding diaryl/α,β-unsaturated/α-hetero) is 1. The smallest absolute Gasteiger partial charge is 0.165 e. The number of carbonyl (C=O) groups is 1. The Kier molecular flexibility index (Phi) is 1.36. The topological polar surface area (TPSA) is 43.1 Å². The molecule has 0 spiro atoms. The van der Waals surface area contributed by atoms with Crippen LogP contribution in [-0.4, -0.2) is 5.78 Å². The van der Waals surface area contributed by atoms with Crippen molar-refractivity contribution in [2.45, 2.75) is 18.9 Å². The third-order valence-corrected chi connectivity index (χ3v) is 2.37. The van der Waals surface area contributed by atoms with Crippen LogP contribution in [0.15, 0.2) is 24.3 Å². The molecular formula is C10H11NO. The highest BCUT2D eigenvalue weighted by Crippen LogP contribution is 2.33. The molecule has 1 aromatic rings. The number of carbonyl (C=O) groups excluding carboxylic acids is 1. The third kappa shape index (κ3) is 0.883. The zero-order valence-electron chi connectivity index (χ0n) is 7.00. The van der Waals surface area contributed by atoms with Gasteiger partial charge < -0.3 is 5.73 Å². The first-order chi connectivity index (χ1) is 5.61. The summed E-state index contributed by atoms with van der Waals surface area (Å²) in [5, 5.41) is 0. The molecule has 0 heterocycles. The van der Waals surface area contributed by atoms with Gasteiger partial charge in [0.25, 0.3) is 0 Å². The van der Waals surface area contributed by atoms with Crippen molar-refractivity contribution in [1.29, 1.82) is 0 Å². The molecule has 0 saturated carbocycles. The number of fused-ring (bicyclic) bond motifs is 1. The molecule has 0 saturated heterocycles. The van der Waals surface area contributed by atoms with Crippen LogP contribution in [-0.2, 0) is 5.54 Å². The van der Waals surface area contributed by atoms with E-state index in [-0.39, 0.29) is 5.78 Å². The molecule has 1 atom stereocenters. The van der Waals surface area contributed by atoms with Crippen molar-refractivity contribution in [1.82, 2.24) is 0 Å². The van der Waals surface area contributed by atoms with Gasteiger partial charge in [0, 0.05) is 17.5 Å². The number of nitrogens with two attached hydrogens (primary N) is 1. The Morgan fingerprint density at radius 1 is 1.42 bits per heavy atom. The Labute approximate surface area is 71.4 Å². The SMILES string of the molecule is CC1(N)CC(=O)c2ccccc21. The van der Waals surface area contributed by atoms with Gasteiger partial charge in [-0.1, -0.05) is 24.3 Å². The van der Waals surface area contributed by atoms with E-state index in [9.17, 15) is 4.79 Å². The van der Waals surface area contributed by atoms with E-state index in [2.05, 4.69) is 0 Å². The van der Waals surface area contributed by atoms with Gasteiger partial charge in [-0.2, -0.15) is 0 Å². The second-order valence-electron chi connectivity index (χ2n) is 3.56. The van der Waals surface area contributed by atoms with Gasteiger partial charge in [-0.3, -0.25) is 4.79 Å². The fourth-order valence-electron chi connectivity index (χ4n) is 1.75. The van der Waals surface area contributed by atoms with E-state index in [1.165, 1.54) is 0 Å². The molecular weight excluding hydrogens is 150 g/mol. The molecule has 62 valence electrons. The van der Waals surface area contributed by atoms with Crippen LogP contribution in [0.3, 0.4) is 0 Å². The summed E-state index contributed by atoms with van der Waals surface area (Å²) in [7, 11) is 0. The lowest BCUT2D eigenvalue weighted by Crippen LogP contribution is -2.30. The Hall–Kier alpha value is -1.15. The van der Waals surface area contributed by atoms with Crippen LogP contribution < -0.4 is 5.73 Å². The summed E-state index contributed by atoms with van der Waals surface area (Å²) in [6.45, 7) is 1.90. The van der Waals surface area contributed by atoms with Crippen LogP contribution in [0.2, 0.25) is 0 Å². The quantitative estimate of drug-likeness (QED) is 0.625. The Morgan fingerprint density at radius 3 is 2.75 bits per heavy atom. The van der Waals surface area contributed by atoms with E-state index in [0.717, 1.165) is 11.1 Å². The van der Waals surface area contributed by atoms with Crippen LogP contribution in [0, 0.1) is 0 Å². The van der Waals surface area contributed by atoms with Crippen LogP contribution in [0.1, 0.15) is 29.3 Å². The van der Waals surface area contributed by atoms with E-state index in [1.54, 1.807) is 0 Å². The van der Waals surface area contributed by atoms with E-state index in [1.807, 2.05) is 31.2 Å². The molecule has 12 heavy (non-hydrogen) atoms. The standard InChI is InChI=1S/C10H11NO/c1-10(11)6-9(12)7-4-2-3-5-8(7)10/h2-5H,6,11H2,1H3. The minimum atomic E-state index is -0.451. The van der Waals surface area contributed by atoms with E-state index < -0.39 is 5.54 Å². The molecule has 0 amide bonds. The van der Waals surface area contributed by atoms with Crippen molar-refractivity contribution in [3.05, 3.63) is 35.4 Å². The molecule has 0 aliphatic heterocycles. The van der Waals surface area contributed by atoms with Gasteiger partial charge in [0.1, 0.15) is 0 Å². The maximum atomic E-state index is 11.4. The normalized spacial score (nSPS) is 27.3. The van der Waals surface area contributed by atoms with Crippen molar-refractivity contribution in [2.24, 2.45) is 5.73 Å². The second kappa shape index (κ2) is 2.17. The molecule has 1 unspecified atom stereocenters. The van der Waals surface area contributed by atoms with Crippen LogP contribution in [0.5, 0.6) is 0 Å². The van der Waals surface area contributed by atoms with Gasteiger partial charge in [-0.15, -0.1) is 0 Å². The van der Waals surface area contributed by atoms with E-state index >= 15 is 0 Å². The predicted molar refractivity (Wildman–Crippen MR) is 46.9 cm³/mol. The molecule has 2 rings (SSSR count). The molecule has 1 aliphatic carbocycles. The first-order valence-corrected chi connectivity index (χ1v) is 4.03. The van der Waals surface area contributed by atoms with E-state index in [0.29, 0.717) is 6.42 Å². The number of hydrogen-bond acceptors (Lipinski definition) is 2. The largest absolute Gasteiger partial charge is 0.321 e. The van der Waals surface area contributed by atoms with Crippen LogP contribution in [0.4, 0.5) is 0 Å². The van der Waals surface area contributed by atoms with E-state index in [4.69, 9.17) is 5.73 Å². The second-order valence-corrected chi connectivity index (χ2v) is 3.56. The zero-order chi connectivity index (χ0) is 8.77. The van der Waals surface area contributed by atoms with Crippen LogP contribution in [0.25, 0.3) is 0 Å². The molecule has 1 aliphatic rings. The minimum absolute atomic E-state index is 0.163. The highest BCUT2D eigenvalue weighted by Gasteiger charge is 2.35. The monoisotopic (exact) mass is 161 g/mol. The highest BCUT2D eigenvalue weighted by atomic mass is 16.1. The number of hydrogen-bond donors (Lipinski definition) is 1.